The molecule has 0 bridgehead atoms. The van der Waals surface area contributed by atoms with E-state index in [2.05, 4.69) is 22.5 Å². The van der Waals surface area contributed by atoms with Crippen LogP contribution in [0.5, 0.6) is 0 Å². The smallest absolute Gasteiger partial charge is 0.126 e. The second-order valence-corrected chi connectivity index (χ2v) is 4.61. The number of rotatable bonds is 5. The fourth-order valence-corrected chi connectivity index (χ4v) is 1.89. The lowest BCUT2D eigenvalue weighted by atomic mass is 10.3. The summed E-state index contributed by atoms with van der Waals surface area (Å²) in [6.07, 6.45) is 4.46. The molecule has 2 rings (SSSR count). The Kier molecular flexibility index (Phi) is 4.58. The predicted molar refractivity (Wildman–Crippen MR) is 77.7 cm³/mol. The number of hydrogen-bond donors (Lipinski definition) is 2. The predicted octanol–water partition coefficient (Wildman–Crippen LogP) is 4.44. The number of benzene rings is 1. The van der Waals surface area contributed by atoms with E-state index in [1.807, 2.05) is 6.07 Å². The molecule has 0 amide bonds. The van der Waals surface area contributed by atoms with E-state index in [1.165, 1.54) is 12.1 Å². The Balaban J connectivity index is 2.13. The van der Waals surface area contributed by atoms with E-state index in [9.17, 15) is 4.39 Å². The maximum atomic E-state index is 13.2. The molecule has 3 nitrogen and oxygen atoms in total. The summed E-state index contributed by atoms with van der Waals surface area (Å²) in [5.41, 5.74) is 2.30. The molecule has 0 unspecified atom stereocenters. The second-order valence-electron chi connectivity index (χ2n) is 4.17. The molecule has 0 fully saturated rings. The van der Waals surface area contributed by atoms with Gasteiger partial charge in [-0.1, -0.05) is 18.5 Å². The molecule has 0 radical (unpaired) electrons. The third kappa shape index (κ3) is 4.10. The lowest BCUT2D eigenvalue weighted by Crippen LogP contribution is -2.01. The Labute approximate surface area is 116 Å². The Bertz CT molecular complexity index is 540. The first-order valence-corrected chi connectivity index (χ1v) is 6.47. The topological polar surface area (TPSA) is 37.0 Å². The van der Waals surface area contributed by atoms with Crippen molar-refractivity contribution >= 4 is 28.7 Å². The summed E-state index contributed by atoms with van der Waals surface area (Å²) in [5, 5.41) is 6.67. The van der Waals surface area contributed by atoms with Gasteiger partial charge >= 0.3 is 0 Å². The number of halogens is 2. The highest BCUT2D eigenvalue weighted by atomic mass is 35.5. The van der Waals surface area contributed by atoms with Crippen LogP contribution in [0, 0.1) is 5.82 Å². The molecule has 0 aliphatic heterocycles. The fraction of sp³-hybridized carbons (Fsp3) is 0.214. The zero-order valence-corrected chi connectivity index (χ0v) is 11.3. The number of nitrogens with zero attached hydrogens (tertiary/aromatic N) is 1. The largest absolute Gasteiger partial charge is 0.384 e. The summed E-state index contributed by atoms with van der Waals surface area (Å²) in [6.45, 7) is 2.98. The van der Waals surface area contributed by atoms with Crippen LogP contribution in [0.4, 0.5) is 21.5 Å². The Hall–Kier alpha value is -1.81. The summed E-state index contributed by atoms with van der Waals surface area (Å²) in [4.78, 5) is 4.13. The fourth-order valence-electron chi connectivity index (χ4n) is 1.67. The molecular weight excluding hydrogens is 265 g/mol. The third-order valence-corrected chi connectivity index (χ3v) is 2.69. The average Bonchev–Trinajstić information content (AvgIpc) is 2.35. The zero-order valence-electron chi connectivity index (χ0n) is 10.6. The minimum atomic E-state index is -0.372. The van der Waals surface area contributed by atoms with Gasteiger partial charge < -0.3 is 10.6 Å². The molecule has 0 saturated heterocycles. The average molecular weight is 280 g/mol. The van der Waals surface area contributed by atoms with Gasteiger partial charge in [-0.05, 0) is 30.7 Å². The summed E-state index contributed by atoms with van der Waals surface area (Å²) < 4.78 is 13.2. The molecule has 0 aliphatic carbocycles. The van der Waals surface area contributed by atoms with Crippen LogP contribution >= 0.6 is 11.6 Å². The van der Waals surface area contributed by atoms with Crippen molar-refractivity contribution in [2.45, 2.75) is 13.3 Å². The minimum Gasteiger partial charge on any atom is -0.384 e. The zero-order chi connectivity index (χ0) is 13.7. The molecule has 1 heterocycles. The Morgan fingerprint density at radius 1 is 1.11 bits per heavy atom. The highest BCUT2D eigenvalue weighted by Crippen LogP contribution is 2.23. The van der Waals surface area contributed by atoms with Gasteiger partial charge in [0.2, 0.25) is 0 Å². The molecule has 2 aromatic rings. The van der Waals surface area contributed by atoms with Crippen molar-refractivity contribution < 1.29 is 4.39 Å². The quantitative estimate of drug-likeness (QED) is 0.849. The third-order valence-electron chi connectivity index (χ3n) is 2.47. The molecule has 5 heteroatoms. The normalized spacial score (nSPS) is 10.3. The van der Waals surface area contributed by atoms with E-state index in [1.54, 1.807) is 18.5 Å². The lowest BCUT2D eigenvalue weighted by molar-refractivity contribution is 0.628. The van der Waals surface area contributed by atoms with Gasteiger partial charge in [0.15, 0.2) is 0 Å². The SMILES string of the molecule is CCCNc1cncc(Nc2cc(F)cc(Cl)c2)c1. The molecule has 1 aromatic heterocycles. The molecule has 0 atom stereocenters. The van der Waals surface area contributed by atoms with Crippen LogP contribution in [0.15, 0.2) is 36.7 Å². The molecule has 1 aromatic carbocycles. The number of anilines is 3. The summed E-state index contributed by atoms with van der Waals surface area (Å²) >= 11 is 5.81. The van der Waals surface area contributed by atoms with Gasteiger partial charge in [0.1, 0.15) is 5.82 Å². The van der Waals surface area contributed by atoms with Crippen LogP contribution in [0.25, 0.3) is 0 Å². The van der Waals surface area contributed by atoms with E-state index in [0.717, 1.165) is 24.3 Å². The highest BCUT2D eigenvalue weighted by molar-refractivity contribution is 6.30. The Morgan fingerprint density at radius 3 is 2.63 bits per heavy atom. The molecule has 0 aliphatic rings. The van der Waals surface area contributed by atoms with Crippen molar-refractivity contribution in [3.8, 4) is 0 Å². The van der Waals surface area contributed by atoms with Crippen molar-refractivity contribution in [3.63, 3.8) is 0 Å². The number of hydrogen-bond acceptors (Lipinski definition) is 3. The molecule has 0 saturated carbocycles. The van der Waals surface area contributed by atoms with Gasteiger partial charge in [-0.2, -0.15) is 0 Å². The molecule has 19 heavy (non-hydrogen) atoms. The standard InChI is InChI=1S/C14H15ClFN3/c1-2-3-18-13-7-14(9-17-8-13)19-12-5-10(15)4-11(16)6-12/h4-9,18-19H,2-3H2,1H3. The highest BCUT2D eigenvalue weighted by Gasteiger charge is 2.01. The number of aromatic nitrogens is 1. The van der Waals surface area contributed by atoms with Gasteiger partial charge in [0, 0.05) is 17.3 Å². The van der Waals surface area contributed by atoms with E-state index in [4.69, 9.17) is 11.6 Å². The van der Waals surface area contributed by atoms with Crippen molar-refractivity contribution in [3.05, 3.63) is 47.5 Å². The van der Waals surface area contributed by atoms with Gasteiger partial charge in [-0.25, -0.2) is 4.39 Å². The summed E-state index contributed by atoms with van der Waals surface area (Å²) in [7, 11) is 0. The van der Waals surface area contributed by atoms with Gasteiger partial charge in [0.25, 0.3) is 0 Å². The molecule has 2 N–H and O–H groups in total. The van der Waals surface area contributed by atoms with Gasteiger partial charge in [0.05, 0.1) is 23.8 Å². The van der Waals surface area contributed by atoms with Crippen LogP contribution in [-0.4, -0.2) is 11.5 Å². The lowest BCUT2D eigenvalue weighted by Gasteiger charge is -2.09. The first-order valence-electron chi connectivity index (χ1n) is 6.09. The maximum absolute atomic E-state index is 13.2. The van der Waals surface area contributed by atoms with Crippen LogP contribution < -0.4 is 10.6 Å². The van der Waals surface area contributed by atoms with E-state index < -0.39 is 0 Å². The second kappa shape index (κ2) is 6.38. The van der Waals surface area contributed by atoms with E-state index in [-0.39, 0.29) is 5.82 Å². The number of nitrogens with one attached hydrogen (secondary N) is 2. The Morgan fingerprint density at radius 2 is 1.89 bits per heavy atom. The van der Waals surface area contributed by atoms with E-state index >= 15 is 0 Å². The first-order chi connectivity index (χ1) is 9.17. The van der Waals surface area contributed by atoms with Gasteiger partial charge in [-0.15, -0.1) is 0 Å². The molecule has 100 valence electrons. The molecular formula is C14H15ClFN3. The van der Waals surface area contributed by atoms with Crippen molar-refractivity contribution in [1.82, 2.24) is 4.98 Å². The van der Waals surface area contributed by atoms with Crippen LogP contribution in [0.2, 0.25) is 5.02 Å². The number of pyridine rings is 1. The minimum absolute atomic E-state index is 0.357. The monoisotopic (exact) mass is 279 g/mol. The van der Waals surface area contributed by atoms with Crippen LogP contribution in [0.3, 0.4) is 0 Å². The summed E-state index contributed by atoms with van der Waals surface area (Å²) in [5.74, 6) is -0.372. The van der Waals surface area contributed by atoms with E-state index in [0.29, 0.717) is 10.7 Å². The van der Waals surface area contributed by atoms with Crippen molar-refractivity contribution in [2.24, 2.45) is 0 Å². The molecule has 0 spiro atoms. The van der Waals surface area contributed by atoms with Gasteiger partial charge in [-0.3, -0.25) is 4.98 Å². The van der Waals surface area contributed by atoms with Crippen molar-refractivity contribution in [2.75, 3.05) is 17.2 Å². The first kappa shape index (κ1) is 13.6. The van der Waals surface area contributed by atoms with Crippen LogP contribution in [0.1, 0.15) is 13.3 Å². The van der Waals surface area contributed by atoms with Crippen LogP contribution in [-0.2, 0) is 0 Å². The summed E-state index contributed by atoms with van der Waals surface area (Å²) in [6, 6.07) is 6.24. The van der Waals surface area contributed by atoms with Crippen molar-refractivity contribution in [1.29, 1.82) is 0 Å². The maximum Gasteiger partial charge on any atom is 0.126 e.